The molecule has 1 aromatic heterocycles. The molecular formula is C9H7F3O3. The molecule has 0 saturated heterocycles. The Morgan fingerprint density at radius 1 is 1.53 bits per heavy atom. The third kappa shape index (κ3) is 2.87. The molecule has 0 saturated carbocycles. The van der Waals surface area contributed by atoms with Crippen LogP contribution in [0.2, 0.25) is 0 Å². The van der Waals surface area contributed by atoms with Crippen molar-refractivity contribution in [3.05, 3.63) is 30.2 Å². The lowest BCUT2D eigenvalue weighted by Crippen LogP contribution is -2.20. The standard InChI is InChI=1S/C9H7F3O3/c1-14-7(6-3-2-4-15-6)5-8(13)9(10,11)12/h2-5H,1H3. The van der Waals surface area contributed by atoms with Crippen molar-refractivity contribution in [1.29, 1.82) is 0 Å². The summed E-state index contributed by atoms with van der Waals surface area (Å²) in [4.78, 5) is 10.6. The van der Waals surface area contributed by atoms with E-state index in [1.165, 1.54) is 18.4 Å². The van der Waals surface area contributed by atoms with E-state index < -0.39 is 12.0 Å². The van der Waals surface area contributed by atoms with Crippen LogP contribution in [0.4, 0.5) is 13.2 Å². The molecule has 0 radical (unpaired) electrons. The molecule has 1 aromatic rings. The molecule has 0 spiro atoms. The fourth-order valence-corrected chi connectivity index (χ4v) is 0.850. The van der Waals surface area contributed by atoms with Crippen molar-refractivity contribution >= 4 is 11.5 Å². The molecule has 0 N–H and O–H groups in total. The predicted molar refractivity (Wildman–Crippen MR) is 44.8 cm³/mol. The molecule has 1 rings (SSSR count). The highest BCUT2D eigenvalue weighted by Gasteiger charge is 2.37. The fraction of sp³-hybridized carbons (Fsp3) is 0.222. The number of hydrogen-bond acceptors (Lipinski definition) is 3. The predicted octanol–water partition coefficient (Wildman–Crippen LogP) is 2.40. The number of furan rings is 1. The van der Waals surface area contributed by atoms with Gasteiger partial charge in [-0.1, -0.05) is 0 Å². The largest absolute Gasteiger partial charge is 0.493 e. The van der Waals surface area contributed by atoms with Gasteiger partial charge in [0.1, 0.15) is 0 Å². The summed E-state index contributed by atoms with van der Waals surface area (Å²) in [7, 11) is 1.15. The quantitative estimate of drug-likeness (QED) is 0.580. The normalized spacial score (nSPS) is 12.7. The van der Waals surface area contributed by atoms with Crippen LogP contribution in [0.15, 0.2) is 28.9 Å². The third-order valence-electron chi connectivity index (χ3n) is 1.53. The first-order valence-electron chi connectivity index (χ1n) is 3.86. The molecule has 0 amide bonds. The van der Waals surface area contributed by atoms with Gasteiger partial charge in [-0.25, -0.2) is 0 Å². The van der Waals surface area contributed by atoms with Crippen LogP contribution in [0, 0.1) is 0 Å². The Morgan fingerprint density at radius 2 is 2.20 bits per heavy atom. The molecule has 0 aliphatic carbocycles. The van der Waals surface area contributed by atoms with Gasteiger partial charge in [-0.3, -0.25) is 4.79 Å². The van der Waals surface area contributed by atoms with Crippen molar-refractivity contribution in [1.82, 2.24) is 0 Å². The number of ketones is 1. The lowest BCUT2D eigenvalue weighted by molar-refractivity contribution is -0.165. The SMILES string of the molecule is COC(=CC(=O)C(F)(F)F)c1ccco1. The minimum atomic E-state index is -4.91. The van der Waals surface area contributed by atoms with E-state index in [-0.39, 0.29) is 11.5 Å². The van der Waals surface area contributed by atoms with Crippen LogP contribution in [-0.2, 0) is 9.53 Å². The maximum Gasteiger partial charge on any atom is 0.454 e. The van der Waals surface area contributed by atoms with Gasteiger partial charge in [0.05, 0.1) is 13.4 Å². The first-order valence-corrected chi connectivity index (χ1v) is 3.86. The number of allylic oxidation sites excluding steroid dienone is 1. The van der Waals surface area contributed by atoms with Crippen LogP contribution in [0.25, 0.3) is 5.76 Å². The van der Waals surface area contributed by atoms with Gasteiger partial charge in [0.15, 0.2) is 11.5 Å². The minimum Gasteiger partial charge on any atom is -0.493 e. The molecule has 0 aliphatic heterocycles. The smallest absolute Gasteiger partial charge is 0.454 e. The Hall–Kier alpha value is -1.72. The lowest BCUT2D eigenvalue weighted by Gasteiger charge is -2.04. The van der Waals surface area contributed by atoms with E-state index in [1.54, 1.807) is 0 Å². The van der Waals surface area contributed by atoms with Gasteiger partial charge in [-0.05, 0) is 12.1 Å². The third-order valence-corrected chi connectivity index (χ3v) is 1.53. The first-order chi connectivity index (χ1) is 6.95. The Bertz CT molecular complexity index is 362. The second-order valence-electron chi connectivity index (χ2n) is 2.55. The molecule has 0 bridgehead atoms. The van der Waals surface area contributed by atoms with Gasteiger partial charge in [-0.2, -0.15) is 13.2 Å². The number of methoxy groups -OCH3 is 1. The molecule has 15 heavy (non-hydrogen) atoms. The monoisotopic (exact) mass is 220 g/mol. The Labute approximate surface area is 83.1 Å². The zero-order valence-corrected chi connectivity index (χ0v) is 7.67. The van der Waals surface area contributed by atoms with Gasteiger partial charge in [0.2, 0.25) is 0 Å². The second kappa shape index (κ2) is 4.20. The fourth-order valence-electron chi connectivity index (χ4n) is 0.850. The van der Waals surface area contributed by atoms with Gasteiger partial charge in [-0.15, -0.1) is 0 Å². The lowest BCUT2D eigenvalue weighted by atomic mass is 10.3. The van der Waals surface area contributed by atoms with Crippen LogP contribution < -0.4 is 0 Å². The molecule has 1 heterocycles. The van der Waals surface area contributed by atoms with Crippen molar-refractivity contribution in [3.63, 3.8) is 0 Å². The highest BCUT2D eigenvalue weighted by Crippen LogP contribution is 2.21. The van der Waals surface area contributed by atoms with E-state index >= 15 is 0 Å². The molecule has 82 valence electrons. The summed E-state index contributed by atoms with van der Waals surface area (Å²) in [5.74, 6) is -2.19. The van der Waals surface area contributed by atoms with Crippen molar-refractivity contribution < 1.29 is 27.1 Å². The molecule has 0 fully saturated rings. The molecular weight excluding hydrogens is 213 g/mol. The molecule has 0 atom stereocenters. The average Bonchev–Trinajstić information content (AvgIpc) is 2.64. The number of alkyl halides is 3. The Morgan fingerprint density at radius 3 is 2.60 bits per heavy atom. The van der Waals surface area contributed by atoms with E-state index in [9.17, 15) is 18.0 Å². The van der Waals surface area contributed by atoms with E-state index in [1.807, 2.05) is 0 Å². The second-order valence-corrected chi connectivity index (χ2v) is 2.55. The Kier molecular flexibility index (Phi) is 3.18. The van der Waals surface area contributed by atoms with Gasteiger partial charge in [0.25, 0.3) is 5.78 Å². The van der Waals surface area contributed by atoms with Crippen molar-refractivity contribution in [3.8, 4) is 0 Å². The van der Waals surface area contributed by atoms with Crippen LogP contribution >= 0.6 is 0 Å². The zero-order chi connectivity index (χ0) is 11.5. The summed E-state index contributed by atoms with van der Waals surface area (Å²) < 4.78 is 45.1. The topological polar surface area (TPSA) is 39.4 Å². The van der Waals surface area contributed by atoms with Gasteiger partial charge in [0, 0.05) is 6.08 Å². The summed E-state index contributed by atoms with van der Waals surface area (Å²) in [6.45, 7) is 0. The zero-order valence-electron chi connectivity index (χ0n) is 7.67. The summed E-state index contributed by atoms with van der Waals surface area (Å²) in [5.41, 5.74) is 0. The maximum atomic E-state index is 11.9. The number of hydrogen-bond donors (Lipinski definition) is 0. The maximum absolute atomic E-state index is 11.9. The summed E-state index contributed by atoms with van der Waals surface area (Å²) in [5, 5.41) is 0. The number of carbonyl (C=O) groups excluding carboxylic acids is 1. The highest BCUT2D eigenvalue weighted by molar-refractivity contribution is 5.99. The number of carbonyl (C=O) groups is 1. The minimum absolute atomic E-state index is 0.0649. The van der Waals surface area contributed by atoms with E-state index in [2.05, 4.69) is 4.74 Å². The number of ether oxygens (including phenoxy) is 1. The van der Waals surface area contributed by atoms with Crippen LogP contribution in [-0.4, -0.2) is 19.1 Å². The molecule has 0 aliphatic rings. The summed E-state index contributed by atoms with van der Waals surface area (Å²) in [6, 6.07) is 2.86. The molecule has 6 heteroatoms. The summed E-state index contributed by atoms with van der Waals surface area (Å²) in [6.07, 6.45) is -3.30. The van der Waals surface area contributed by atoms with Crippen molar-refractivity contribution in [2.45, 2.75) is 6.18 Å². The van der Waals surface area contributed by atoms with E-state index in [0.717, 1.165) is 7.11 Å². The average molecular weight is 220 g/mol. The van der Waals surface area contributed by atoms with Crippen LogP contribution in [0.1, 0.15) is 5.76 Å². The summed E-state index contributed by atoms with van der Waals surface area (Å²) >= 11 is 0. The molecule has 0 unspecified atom stereocenters. The highest BCUT2D eigenvalue weighted by atomic mass is 19.4. The van der Waals surface area contributed by atoms with Crippen molar-refractivity contribution in [2.24, 2.45) is 0 Å². The number of rotatable bonds is 3. The van der Waals surface area contributed by atoms with Crippen LogP contribution in [0.5, 0.6) is 0 Å². The van der Waals surface area contributed by atoms with E-state index in [0.29, 0.717) is 6.08 Å². The number of halogens is 3. The Balaban J connectivity index is 2.94. The van der Waals surface area contributed by atoms with Gasteiger partial charge >= 0.3 is 6.18 Å². The van der Waals surface area contributed by atoms with Crippen LogP contribution in [0.3, 0.4) is 0 Å². The molecule has 3 nitrogen and oxygen atoms in total. The van der Waals surface area contributed by atoms with Gasteiger partial charge < -0.3 is 9.15 Å². The first kappa shape index (κ1) is 11.4. The van der Waals surface area contributed by atoms with Crippen molar-refractivity contribution in [2.75, 3.05) is 7.11 Å². The molecule has 0 aromatic carbocycles. The van der Waals surface area contributed by atoms with E-state index in [4.69, 9.17) is 4.42 Å².